The highest BCUT2D eigenvalue weighted by molar-refractivity contribution is 5.96. The number of nitrogens with two attached hydrogens (primary N) is 2. The zero-order valence-corrected chi connectivity index (χ0v) is 9.91. The fourth-order valence-corrected chi connectivity index (χ4v) is 1.64. The summed E-state index contributed by atoms with van der Waals surface area (Å²) in [5.74, 6) is 0.303. The molecule has 2 rings (SSSR count). The number of aromatic nitrogens is 3. The summed E-state index contributed by atoms with van der Waals surface area (Å²) in [5.41, 5.74) is 12.3. The van der Waals surface area contributed by atoms with Gasteiger partial charge in [0.05, 0.1) is 6.33 Å². The van der Waals surface area contributed by atoms with Gasteiger partial charge in [0.25, 0.3) is 0 Å². The number of anilines is 1. The number of carbonyl (C=O) groups excluding carboxylic acids is 1. The van der Waals surface area contributed by atoms with E-state index in [4.69, 9.17) is 11.5 Å². The highest BCUT2D eigenvalue weighted by Gasteiger charge is 2.12. The number of nitrogen functional groups attached to an aromatic ring is 1. The molecular weight excluding hydrogens is 230 g/mol. The van der Waals surface area contributed by atoms with Crippen LogP contribution in [0.1, 0.15) is 16.1 Å². The Bertz CT molecular complexity index is 549. The van der Waals surface area contributed by atoms with Crippen molar-refractivity contribution in [3.8, 4) is 0 Å². The Morgan fingerprint density at radius 1 is 1.39 bits per heavy atom. The molecule has 0 aliphatic heterocycles. The van der Waals surface area contributed by atoms with Crippen LogP contribution in [0.2, 0.25) is 0 Å². The van der Waals surface area contributed by atoms with Crippen LogP contribution in [0.5, 0.6) is 0 Å². The van der Waals surface area contributed by atoms with Crippen LogP contribution in [0.25, 0.3) is 0 Å². The minimum absolute atomic E-state index is 0.0783. The van der Waals surface area contributed by atoms with E-state index in [2.05, 4.69) is 9.97 Å². The lowest BCUT2D eigenvalue weighted by Gasteiger charge is -2.01. The maximum atomic E-state index is 12.0. The SMILES string of the molecule is NCCn1cnc(C(=O)Cc2cccnc2N)c1. The van der Waals surface area contributed by atoms with E-state index in [0.29, 0.717) is 24.6 Å². The Morgan fingerprint density at radius 2 is 2.22 bits per heavy atom. The van der Waals surface area contributed by atoms with E-state index >= 15 is 0 Å². The van der Waals surface area contributed by atoms with Gasteiger partial charge < -0.3 is 16.0 Å². The first-order valence-corrected chi connectivity index (χ1v) is 5.65. The number of pyridine rings is 1. The first kappa shape index (κ1) is 12.3. The first-order valence-electron chi connectivity index (χ1n) is 5.65. The molecule has 0 bridgehead atoms. The second kappa shape index (κ2) is 5.42. The molecule has 0 saturated heterocycles. The van der Waals surface area contributed by atoms with Gasteiger partial charge in [-0.1, -0.05) is 6.07 Å². The van der Waals surface area contributed by atoms with Gasteiger partial charge in [-0.05, 0) is 6.07 Å². The van der Waals surface area contributed by atoms with Crippen LogP contribution in [-0.2, 0) is 13.0 Å². The van der Waals surface area contributed by atoms with E-state index in [0.717, 1.165) is 5.56 Å². The zero-order valence-electron chi connectivity index (χ0n) is 9.91. The number of carbonyl (C=O) groups is 1. The first-order chi connectivity index (χ1) is 8.70. The van der Waals surface area contributed by atoms with E-state index in [1.165, 1.54) is 0 Å². The summed E-state index contributed by atoms with van der Waals surface area (Å²) in [5, 5.41) is 0. The van der Waals surface area contributed by atoms with Gasteiger partial charge in [-0.3, -0.25) is 4.79 Å². The summed E-state index contributed by atoms with van der Waals surface area (Å²) in [6.45, 7) is 1.16. The van der Waals surface area contributed by atoms with Gasteiger partial charge in [0.1, 0.15) is 11.5 Å². The highest BCUT2D eigenvalue weighted by atomic mass is 16.1. The molecule has 2 aromatic rings. The van der Waals surface area contributed by atoms with Crippen molar-refractivity contribution in [1.29, 1.82) is 0 Å². The number of hydrogen-bond donors (Lipinski definition) is 2. The highest BCUT2D eigenvalue weighted by Crippen LogP contribution is 2.10. The lowest BCUT2D eigenvalue weighted by atomic mass is 10.1. The molecule has 2 aromatic heterocycles. The molecule has 0 atom stereocenters. The van der Waals surface area contributed by atoms with Gasteiger partial charge in [0, 0.05) is 37.5 Å². The maximum Gasteiger partial charge on any atom is 0.187 e. The third kappa shape index (κ3) is 2.72. The Balaban J connectivity index is 2.10. The van der Waals surface area contributed by atoms with E-state index in [9.17, 15) is 4.79 Å². The number of ketones is 1. The second-order valence-electron chi connectivity index (χ2n) is 3.93. The average Bonchev–Trinajstić information content (AvgIpc) is 2.81. The maximum absolute atomic E-state index is 12.0. The van der Waals surface area contributed by atoms with Crippen LogP contribution in [0.4, 0.5) is 5.82 Å². The minimum Gasteiger partial charge on any atom is -0.383 e. The Morgan fingerprint density at radius 3 is 2.94 bits per heavy atom. The molecule has 0 aromatic carbocycles. The van der Waals surface area contributed by atoms with Crippen molar-refractivity contribution in [2.45, 2.75) is 13.0 Å². The van der Waals surface area contributed by atoms with Crippen LogP contribution in [0.15, 0.2) is 30.9 Å². The molecule has 2 heterocycles. The molecule has 0 fully saturated rings. The van der Waals surface area contributed by atoms with Crippen LogP contribution >= 0.6 is 0 Å². The van der Waals surface area contributed by atoms with Crippen LogP contribution in [-0.4, -0.2) is 26.9 Å². The van der Waals surface area contributed by atoms with E-state index in [-0.39, 0.29) is 12.2 Å². The molecule has 6 nitrogen and oxygen atoms in total. The van der Waals surface area contributed by atoms with Gasteiger partial charge in [-0.2, -0.15) is 0 Å². The van der Waals surface area contributed by atoms with E-state index < -0.39 is 0 Å². The molecule has 0 aliphatic rings. The summed E-state index contributed by atoms with van der Waals surface area (Å²) in [4.78, 5) is 20.0. The predicted octanol–water partition coefficient (Wildman–Crippen LogP) is 0.244. The van der Waals surface area contributed by atoms with Crippen molar-refractivity contribution < 1.29 is 4.79 Å². The summed E-state index contributed by atoms with van der Waals surface area (Å²) < 4.78 is 1.79. The molecule has 4 N–H and O–H groups in total. The third-order valence-electron chi connectivity index (χ3n) is 2.58. The number of imidazole rings is 1. The minimum atomic E-state index is -0.0783. The average molecular weight is 245 g/mol. The molecule has 0 amide bonds. The molecule has 0 spiro atoms. The standard InChI is InChI=1S/C12H15N5O/c13-3-5-17-7-10(16-8-17)11(18)6-9-2-1-4-15-12(9)14/h1-2,4,7-8H,3,5-6,13H2,(H2,14,15). The van der Waals surface area contributed by atoms with E-state index in [1.807, 2.05) is 0 Å². The van der Waals surface area contributed by atoms with E-state index in [1.54, 1.807) is 35.4 Å². The topological polar surface area (TPSA) is 99.8 Å². The summed E-state index contributed by atoms with van der Waals surface area (Å²) in [6.07, 6.45) is 5.10. The van der Waals surface area contributed by atoms with Gasteiger partial charge in [-0.15, -0.1) is 0 Å². The molecule has 18 heavy (non-hydrogen) atoms. The molecule has 0 saturated carbocycles. The van der Waals surface area contributed by atoms with Crippen LogP contribution in [0.3, 0.4) is 0 Å². The van der Waals surface area contributed by atoms with Crippen molar-refractivity contribution in [3.05, 3.63) is 42.1 Å². The second-order valence-corrected chi connectivity index (χ2v) is 3.93. The van der Waals surface area contributed by atoms with Gasteiger partial charge >= 0.3 is 0 Å². The molecule has 0 radical (unpaired) electrons. The van der Waals surface area contributed by atoms with Gasteiger partial charge in [0.2, 0.25) is 0 Å². The van der Waals surface area contributed by atoms with Gasteiger partial charge in [0.15, 0.2) is 5.78 Å². The van der Waals surface area contributed by atoms with Crippen LogP contribution in [0, 0.1) is 0 Å². The van der Waals surface area contributed by atoms with Crippen molar-refractivity contribution in [2.75, 3.05) is 12.3 Å². The monoisotopic (exact) mass is 245 g/mol. The summed E-state index contributed by atoms with van der Waals surface area (Å²) in [7, 11) is 0. The Hall–Kier alpha value is -2.21. The van der Waals surface area contributed by atoms with Crippen LogP contribution < -0.4 is 11.5 Å². The lowest BCUT2D eigenvalue weighted by molar-refractivity contribution is 0.0988. The predicted molar refractivity (Wildman–Crippen MR) is 68.0 cm³/mol. The Kier molecular flexibility index (Phi) is 3.69. The molecule has 94 valence electrons. The lowest BCUT2D eigenvalue weighted by Crippen LogP contribution is -2.09. The van der Waals surface area contributed by atoms with Crippen molar-refractivity contribution in [2.24, 2.45) is 5.73 Å². The normalized spacial score (nSPS) is 10.5. The number of Topliss-reactive ketones (excluding diaryl/α,β-unsaturated/α-hetero) is 1. The fraction of sp³-hybridized carbons (Fsp3) is 0.250. The van der Waals surface area contributed by atoms with Crippen molar-refractivity contribution in [3.63, 3.8) is 0 Å². The smallest absolute Gasteiger partial charge is 0.187 e. The Labute approximate surface area is 105 Å². The number of rotatable bonds is 5. The number of hydrogen-bond acceptors (Lipinski definition) is 5. The molecule has 0 unspecified atom stereocenters. The fourth-order valence-electron chi connectivity index (χ4n) is 1.64. The largest absolute Gasteiger partial charge is 0.383 e. The van der Waals surface area contributed by atoms with Gasteiger partial charge in [-0.25, -0.2) is 9.97 Å². The van der Waals surface area contributed by atoms with Crippen molar-refractivity contribution >= 4 is 11.6 Å². The zero-order chi connectivity index (χ0) is 13.0. The quantitative estimate of drug-likeness (QED) is 0.735. The third-order valence-corrected chi connectivity index (χ3v) is 2.58. The summed E-state index contributed by atoms with van der Waals surface area (Å²) >= 11 is 0. The molecule has 6 heteroatoms. The van der Waals surface area contributed by atoms with Crippen molar-refractivity contribution in [1.82, 2.24) is 14.5 Å². The summed E-state index contributed by atoms with van der Waals surface area (Å²) in [6, 6.07) is 3.54. The number of nitrogens with zero attached hydrogens (tertiary/aromatic N) is 3. The molecular formula is C12H15N5O. The molecule has 0 aliphatic carbocycles.